The number of nitrogens with zero attached hydrogens (tertiary/aromatic N) is 2. The maximum Gasteiger partial charge on any atom is 0.215 e. The van der Waals surface area contributed by atoms with E-state index < -0.39 is 10.0 Å². The van der Waals surface area contributed by atoms with Crippen LogP contribution in [0.4, 0.5) is 0 Å². The molecule has 1 N–H and O–H groups in total. The third-order valence-electron chi connectivity index (χ3n) is 3.87. The first-order valence-electron chi connectivity index (χ1n) is 7.28. The van der Waals surface area contributed by atoms with Gasteiger partial charge < -0.3 is 10.2 Å². The Morgan fingerprint density at radius 1 is 1.32 bits per heavy atom. The standard InChI is InChI=1S/C13H29N3O2S/c1-5-16-9-6-13(7-10-16)15(4)19(17,18)11-8-14-12(2)3/h12-14H,5-11H2,1-4H3. The predicted molar refractivity (Wildman–Crippen MR) is 79.8 cm³/mol. The van der Waals surface area contributed by atoms with E-state index in [0.717, 1.165) is 32.5 Å². The molecule has 1 saturated heterocycles. The first kappa shape index (κ1) is 16.9. The van der Waals surface area contributed by atoms with Crippen LogP contribution in [0.25, 0.3) is 0 Å². The van der Waals surface area contributed by atoms with Gasteiger partial charge in [0.25, 0.3) is 0 Å². The lowest BCUT2D eigenvalue weighted by Gasteiger charge is -2.35. The Labute approximate surface area is 118 Å². The van der Waals surface area contributed by atoms with E-state index in [0.29, 0.717) is 12.6 Å². The van der Waals surface area contributed by atoms with Crippen LogP contribution in [0.15, 0.2) is 0 Å². The lowest BCUT2D eigenvalue weighted by molar-refractivity contribution is 0.176. The van der Waals surface area contributed by atoms with E-state index in [1.807, 2.05) is 13.8 Å². The van der Waals surface area contributed by atoms with E-state index in [1.165, 1.54) is 0 Å². The number of hydrogen-bond acceptors (Lipinski definition) is 4. The first-order valence-corrected chi connectivity index (χ1v) is 8.89. The van der Waals surface area contributed by atoms with Crippen LogP contribution in [0.3, 0.4) is 0 Å². The fraction of sp³-hybridized carbons (Fsp3) is 1.00. The topological polar surface area (TPSA) is 52.7 Å². The number of nitrogens with one attached hydrogen (secondary N) is 1. The average molecular weight is 291 g/mol. The summed E-state index contributed by atoms with van der Waals surface area (Å²) in [7, 11) is -1.39. The Bertz CT molecular complexity index is 349. The SMILES string of the molecule is CCN1CCC(N(C)S(=O)(=O)CCNC(C)C)CC1. The molecule has 0 spiro atoms. The molecule has 0 radical (unpaired) electrons. The molecule has 5 nitrogen and oxygen atoms in total. The van der Waals surface area contributed by atoms with Crippen molar-refractivity contribution in [3.05, 3.63) is 0 Å². The van der Waals surface area contributed by atoms with Crippen LogP contribution in [-0.4, -0.2) is 68.7 Å². The normalized spacial score (nSPS) is 19.5. The molecule has 1 aliphatic heterocycles. The average Bonchev–Trinajstić information content (AvgIpc) is 2.37. The van der Waals surface area contributed by atoms with E-state index in [4.69, 9.17) is 0 Å². The summed E-state index contributed by atoms with van der Waals surface area (Å²) in [4.78, 5) is 2.37. The summed E-state index contributed by atoms with van der Waals surface area (Å²) in [6, 6.07) is 0.500. The second-order valence-corrected chi connectivity index (χ2v) is 7.75. The van der Waals surface area contributed by atoms with Crippen LogP contribution in [0, 0.1) is 0 Å². The molecule has 1 aliphatic rings. The van der Waals surface area contributed by atoms with Gasteiger partial charge in [0.05, 0.1) is 5.75 Å². The summed E-state index contributed by atoms with van der Waals surface area (Å²) < 4.78 is 26.1. The van der Waals surface area contributed by atoms with Crippen molar-refractivity contribution in [2.24, 2.45) is 0 Å². The second kappa shape index (κ2) is 7.57. The summed E-state index contributed by atoms with van der Waals surface area (Å²) in [6.07, 6.45) is 1.89. The third-order valence-corrected chi connectivity index (χ3v) is 5.77. The van der Waals surface area contributed by atoms with Crippen molar-refractivity contribution in [2.45, 2.75) is 45.7 Å². The van der Waals surface area contributed by atoms with Crippen LogP contribution in [0.1, 0.15) is 33.6 Å². The number of piperidine rings is 1. The lowest BCUT2D eigenvalue weighted by atomic mass is 10.1. The van der Waals surface area contributed by atoms with Gasteiger partial charge in [-0.1, -0.05) is 20.8 Å². The van der Waals surface area contributed by atoms with Gasteiger partial charge in [-0.25, -0.2) is 12.7 Å². The number of rotatable bonds is 7. The predicted octanol–water partition coefficient (Wildman–Crippen LogP) is 0.730. The van der Waals surface area contributed by atoms with Crippen molar-refractivity contribution in [3.8, 4) is 0 Å². The molecular formula is C13H29N3O2S. The highest BCUT2D eigenvalue weighted by molar-refractivity contribution is 7.89. The zero-order valence-corrected chi connectivity index (χ0v) is 13.5. The van der Waals surface area contributed by atoms with Crippen molar-refractivity contribution in [3.63, 3.8) is 0 Å². The van der Waals surface area contributed by atoms with Crippen molar-refractivity contribution in [1.29, 1.82) is 0 Å². The molecular weight excluding hydrogens is 262 g/mol. The molecule has 0 aliphatic carbocycles. The van der Waals surface area contributed by atoms with Gasteiger partial charge in [0.15, 0.2) is 0 Å². The number of likely N-dealkylation sites (tertiary alicyclic amines) is 1. The van der Waals surface area contributed by atoms with Gasteiger partial charge in [0.2, 0.25) is 10.0 Å². The second-order valence-electron chi connectivity index (χ2n) is 5.61. The Morgan fingerprint density at radius 2 is 1.89 bits per heavy atom. The van der Waals surface area contributed by atoms with Crippen LogP contribution >= 0.6 is 0 Å². The fourth-order valence-corrected chi connectivity index (χ4v) is 3.78. The molecule has 0 atom stereocenters. The van der Waals surface area contributed by atoms with Crippen LogP contribution in [0.5, 0.6) is 0 Å². The third kappa shape index (κ3) is 5.38. The van der Waals surface area contributed by atoms with Crippen molar-refractivity contribution in [1.82, 2.24) is 14.5 Å². The molecule has 0 unspecified atom stereocenters. The van der Waals surface area contributed by atoms with Crippen molar-refractivity contribution in [2.75, 3.05) is 39.0 Å². The quantitative estimate of drug-likeness (QED) is 0.751. The van der Waals surface area contributed by atoms with Crippen LogP contribution < -0.4 is 5.32 Å². The number of sulfonamides is 1. The summed E-state index contributed by atoms with van der Waals surface area (Å²) in [6.45, 7) is 9.79. The molecule has 114 valence electrons. The van der Waals surface area contributed by atoms with Gasteiger partial charge in [0, 0.05) is 25.7 Å². The minimum atomic E-state index is -3.13. The highest BCUT2D eigenvalue weighted by Crippen LogP contribution is 2.17. The highest BCUT2D eigenvalue weighted by atomic mass is 32.2. The minimum Gasteiger partial charge on any atom is -0.313 e. The van der Waals surface area contributed by atoms with Gasteiger partial charge in [-0.2, -0.15) is 0 Å². The lowest BCUT2D eigenvalue weighted by Crippen LogP contribution is -2.47. The van der Waals surface area contributed by atoms with E-state index in [2.05, 4.69) is 17.1 Å². The molecule has 19 heavy (non-hydrogen) atoms. The molecule has 0 saturated carbocycles. The van der Waals surface area contributed by atoms with Gasteiger partial charge in [-0.3, -0.25) is 0 Å². The molecule has 6 heteroatoms. The van der Waals surface area contributed by atoms with Gasteiger partial charge in [-0.05, 0) is 32.5 Å². The fourth-order valence-electron chi connectivity index (χ4n) is 2.45. The Kier molecular flexibility index (Phi) is 6.73. The summed E-state index contributed by atoms with van der Waals surface area (Å²) in [5, 5.41) is 3.16. The molecule has 0 aromatic heterocycles. The highest BCUT2D eigenvalue weighted by Gasteiger charge is 2.28. The van der Waals surface area contributed by atoms with E-state index in [1.54, 1.807) is 11.4 Å². The minimum absolute atomic E-state index is 0.173. The van der Waals surface area contributed by atoms with Crippen molar-refractivity contribution < 1.29 is 8.42 Å². The summed E-state index contributed by atoms with van der Waals surface area (Å²) in [5.41, 5.74) is 0. The monoisotopic (exact) mass is 291 g/mol. The van der Waals surface area contributed by atoms with Gasteiger partial charge in [0.1, 0.15) is 0 Å². The molecule has 1 fully saturated rings. The zero-order valence-electron chi connectivity index (χ0n) is 12.7. The molecule has 0 amide bonds. The first-order chi connectivity index (χ1) is 8.86. The maximum absolute atomic E-state index is 12.2. The van der Waals surface area contributed by atoms with E-state index >= 15 is 0 Å². The van der Waals surface area contributed by atoms with Crippen molar-refractivity contribution >= 4 is 10.0 Å². The number of hydrogen-bond donors (Lipinski definition) is 1. The Hall–Kier alpha value is -0.170. The molecule has 1 heterocycles. The Balaban J connectivity index is 2.45. The summed E-state index contributed by atoms with van der Waals surface area (Å²) >= 11 is 0. The van der Waals surface area contributed by atoms with E-state index in [9.17, 15) is 8.42 Å². The molecule has 0 bridgehead atoms. The van der Waals surface area contributed by atoms with Crippen LogP contribution in [0.2, 0.25) is 0 Å². The smallest absolute Gasteiger partial charge is 0.215 e. The van der Waals surface area contributed by atoms with Gasteiger partial charge >= 0.3 is 0 Å². The zero-order chi connectivity index (χ0) is 14.5. The largest absolute Gasteiger partial charge is 0.313 e. The van der Waals surface area contributed by atoms with Crippen LogP contribution in [-0.2, 0) is 10.0 Å². The Morgan fingerprint density at radius 3 is 2.37 bits per heavy atom. The van der Waals surface area contributed by atoms with Gasteiger partial charge in [-0.15, -0.1) is 0 Å². The van der Waals surface area contributed by atoms with E-state index in [-0.39, 0.29) is 11.8 Å². The maximum atomic E-state index is 12.2. The molecule has 0 aromatic carbocycles. The molecule has 1 rings (SSSR count). The summed E-state index contributed by atoms with van der Waals surface area (Å²) in [5.74, 6) is 0.190. The molecule has 0 aromatic rings.